The Balaban J connectivity index is 0.000000658. The summed E-state index contributed by atoms with van der Waals surface area (Å²) in [5.41, 5.74) is 5.09. The van der Waals surface area contributed by atoms with Gasteiger partial charge in [0.2, 0.25) is 0 Å². The number of rotatable bonds is 4. The second kappa shape index (κ2) is 14.0. The fourth-order valence-electron chi connectivity index (χ4n) is 3.01. The van der Waals surface area contributed by atoms with Crippen molar-refractivity contribution in [2.24, 2.45) is 5.73 Å². The molecule has 0 aliphatic carbocycles. The van der Waals surface area contributed by atoms with Gasteiger partial charge in [-0.15, -0.1) is 0 Å². The van der Waals surface area contributed by atoms with E-state index in [0.29, 0.717) is 11.6 Å². The van der Waals surface area contributed by atoms with E-state index in [4.69, 9.17) is 31.3 Å². The number of aromatic nitrogens is 3. The van der Waals surface area contributed by atoms with Crippen molar-refractivity contribution >= 4 is 23.7 Å². The van der Waals surface area contributed by atoms with E-state index in [9.17, 15) is 62.6 Å². The highest BCUT2D eigenvalue weighted by atomic mass is 19.4. The van der Waals surface area contributed by atoms with E-state index in [2.05, 4.69) is 15.0 Å². The van der Waals surface area contributed by atoms with Crippen LogP contribution in [0.4, 0.5) is 58.5 Å². The molecule has 0 bridgehead atoms. The molecule has 0 aliphatic rings. The number of carboxylic acid groups (broad SMARTS) is 2. The number of anilines is 1. The van der Waals surface area contributed by atoms with E-state index >= 15 is 0 Å². The third-order valence-corrected chi connectivity index (χ3v) is 5.31. The fourth-order valence-corrected chi connectivity index (χ4v) is 3.01. The first kappa shape index (κ1) is 39.8. The zero-order valence-corrected chi connectivity index (χ0v) is 22.6. The molecule has 1 aromatic carbocycles. The van der Waals surface area contributed by atoms with Gasteiger partial charge >= 0.3 is 36.6 Å². The number of amides is 1. The Kier molecular flexibility index (Phi) is 11.9. The van der Waals surface area contributed by atoms with Gasteiger partial charge in [0.05, 0.1) is 11.9 Å². The topological polar surface area (TPSA) is 203 Å². The van der Waals surface area contributed by atoms with E-state index in [1.807, 2.05) is 0 Å². The molecule has 23 heteroatoms. The van der Waals surface area contributed by atoms with Gasteiger partial charge in [0.15, 0.2) is 0 Å². The number of carboxylic acids is 2. The van der Waals surface area contributed by atoms with Crippen molar-refractivity contribution in [3.63, 3.8) is 0 Å². The molecular weight excluding hydrogens is 682 g/mol. The van der Waals surface area contributed by atoms with Gasteiger partial charge in [-0.25, -0.2) is 19.6 Å². The molecule has 1 amide bonds. The number of benzene rings is 1. The summed E-state index contributed by atoms with van der Waals surface area (Å²) in [6.45, 7) is 1.52. The predicted molar refractivity (Wildman–Crippen MR) is 131 cm³/mol. The predicted octanol–water partition coefficient (Wildman–Crippen LogP) is 4.62. The Morgan fingerprint density at radius 2 is 1.26 bits per heavy atom. The van der Waals surface area contributed by atoms with Crippen LogP contribution in [0, 0.1) is 6.92 Å². The van der Waals surface area contributed by atoms with Gasteiger partial charge in [-0.1, -0.05) is 12.1 Å². The van der Waals surface area contributed by atoms with Gasteiger partial charge < -0.3 is 26.8 Å². The molecule has 2 heterocycles. The molecule has 47 heavy (non-hydrogen) atoms. The lowest BCUT2D eigenvalue weighted by Crippen LogP contribution is -2.52. The van der Waals surface area contributed by atoms with Crippen LogP contribution < -0.4 is 11.5 Å². The Bertz CT molecular complexity index is 1580. The highest BCUT2D eigenvalue weighted by Crippen LogP contribution is 2.40. The summed E-state index contributed by atoms with van der Waals surface area (Å²) < 4.78 is 142. The minimum absolute atomic E-state index is 0.0209. The normalized spacial score (nSPS) is 13.2. The first-order valence-electron chi connectivity index (χ1n) is 11.5. The van der Waals surface area contributed by atoms with Gasteiger partial charge in [0.1, 0.15) is 17.2 Å². The number of nitrogens with two attached hydrogens (primary N) is 2. The third-order valence-electron chi connectivity index (χ3n) is 5.31. The van der Waals surface area contributed by atoms with Crippen LogP contribution in [0.2, 0.25) is 0 Å². The van der Waals surface area contributed by atoms with Crippen LogP contribution in [0.3, 0.4) is 0 Å². The lowest BCUT2D eigenvalue weighted by atomic mass is 9.89. The number of hydrogen-bond donors (Lipinski definition) is 5. The molecule has 0 spiro atoms. The number of nitrogens with zero attached hydrogens (tertiary/aromatic N) is 3. The van der Waals surface area contributed by atoms with Crippen LogP contribution in [0.1, 0.15) is 16.8 Å². The van der Waals surface area contributed by atoms with Gasteiger partial charge in [-0.2, -0.15) is 52.7 Å². The van der Waals surface area contributed by atoms with Crippen LogP contribution in [-0.4, -0.2) is 66.6 Å². The van der Waals surface area contributed by atoms with Crippen molar-refractivity contribution in [3.05, 3.63) is 59.5 Å². The van der Waals surface area contributed by atoms with E-state index in [-0.39, 0.29) is 28.3 Å². The number of carbonyl (C=O) groups excluding carboxylic acids is 1. The largest absolute Gasteiger partial charge is 0.490 e. The van der Waals surface area contributed by atoms with Crippen molar-refractivity contribution < 1.29 is 82.4 Å². The maximum Gasteiger partial charge on any atom is 0.490 e. The third kappa shape index (κ3) is 10.1. The Morgan fingerprint density at radius 1 is 0.766 bits per heavy atom. The van der Waals surface area contributed by atoms with Crippen molar-refractivity contribution in [1.82, 2.24) is 15.0 Å². The van der Waals surface area contributed by atoms with Crippen LogP contribution >= 0.6 is 0 Å². The molecule has 1 unspecified atom stereocenters. The second-order valence-corrected chi connectivity index (χ2v) is 8.63. The van der Waals surface area contributed by atoms with Crippen molar-refractivity contribution in [1.29, 1.82) is 0 Å². The highest BCUT2D eigenvalue weighted by Gasteiger charge is 2.60. The number of pyridine rings is 1. The summed E-state index contributed by atoms with van der Waals surface area (Å²) in [5.74, 6) is -7.71. The minimum atomic E-state index is -5.41. The number of aliphatic hydroxyl groups is 1. The van der Waals surface area contributed by atoms with Crippen LogP contribution in [0.15, 0.2) is 42.7 Å². The molecule has 0 aliphatic heterocycles. The Hall–Kier alpha value is -5.22. The summed E-state index contributed by atoms with van der Waals surface area (Å²) in [7, 11) is 0. The smallest absolute Gasteiger partial charge is 0.475 e. The van der Waals surface area contributed by atoms with Gasteiger partial charge in [-0.3, -0.25) is 9.78 Å². The number of hydrogen-bond acceptors (Lipinski definition) is 8. The quantitative estimate of drug-likeness (QED) is 0.239. The van der Waals surface area contributed by atoms with Gasteiger partial charge in [0.25, 0.3) is 11.5 Å². The average molecular weight is 699 g/mol. The number of aryl methyl sites for hydroxylation is 1. The molecule has 3 aromatic rings. The maximum absolute atomic E-state index is 13.4. The van der Waals surface area contributed by atoms with Crippen molar-refractivity contribution in [2.45, 2.75) is 37.2 Å². The van der Waals surface area contributed by atoms with Crippen molar-refractivity contribution in [3.8, 4) is 22.5 Å². The first-order chi connectivity index (χ1) is 21.0. The molecule has 0 radical (unpaired) electrons. The average Bonchev–Trinajstić information content (AvgIpc) is 2.92. The number of alkyl halides is 12. The van der Waals surface area contributed by atoms with Crippen LogP contribution in [0.25, 0.3) is 22.5 Å². The Labute approximate surface area is 252 Å². The lowest BCUT2D eigenvalue weighted by molar-refractivity contribution is -0.255. The zero-order chi connectivity index (χ0) is 36.9. The number of aliphatic carboxylic acids is 2. The standard InChI is InChI=1S/C20H15F6N5O2.2C2HF3O2/c1-9-2-4-11(18(33,17(28)32)20(24,25)26)6-12(9)13-8-30-16(27)15(31-13)10-3-5-14(29-7-10)19(21,22)23;2*3-2(4,5)1(6)7/h2-8,33H,1H3,(H2,27,30)(H2,28,32);2*(H,6,7). The molecule has 11 nitrogen and oxygen atoms in total. The molecule has 0 fully saturated rings. The molecule has 2 aromatic heterocycles. The molecule has 1 atom stereocenters. The molecule has 0 saturated carbocycles. The van der Waals surface area contributed by atoms with Crippen molar-refractivity contribution in [2.75, 3.05) is 5.73 Å². The van der Waals surface area contributed by atoms with Crippen LogP contribution in [0.5, 0.6) is 0 Å². The summed E-state index contributed by atoms with van der Waals surface area (Å²) in [6.07, 6.45) is -18.2. The highest BCUT2D eigenvalue weighted by molar-refractivity contribution is 5.86. The van der Waals surface area contributed by atoms with Crippen LogP contribution in [-0.2, 0) is 26.2 Å². The summed E-state index contributed by atoms with van der Waals surface area (Å²) >= 11 is 0. The number of nitrogen functional groups attached to an aromatic ring is 1. The van der Waals surface area contributed by atoms with E-state index < -0.39 is 59.4 Å². The first-order valence-corrected chi connectivity index (χ1v) is 11.5. The fraction of sp³-hybridized carbons (Fsp3) is 0.250. The number of carbonyl (C=O) groups is 3. The van der Waals surface area contributed by atoms with E-state index in [1.165, 1.54) is 13.0 Å². The Morgan fingerprint density at radius 3 is 1.62 bits per heavy atom. The second-order valence-electron chi connectivity index (χ2n) is 8.63. The van der Waals surface area contributed by atoms with Gasteiger partial charge in [0, 0.05) is 22.9 Å². The molecule has 258 valence electrons. The van der Waals surface area contributed by atoms with E-state index in [1.54, 1.807) is 0 Å². The molecule has 3 rings (SSSR count). The monoisotopic (exact) mass is 699 g/mol. The number of primary amides is 1. The summed E-state index contributed by atoms with van der Waals surface area (Å²) in [6, 6.07) is 4.76. The molecule has 0 saturated heterocycles. The van der Waals surface area contributed by atoms with E-state index in [0.717, 1.165) is 30.6 Å². The summed E-state index contributed by atoms with van der Waals surface area (Å²) in [4.78, 5) is 40.7. The molecule has 7 N–H and O–H groups in total. The van der Waals surface area contributed by atoms with Gasteiger partial charge in [-0.05, 0) is 30.7 Å². The SMILES string of the molecule is Cc1ccc(C(O)(C(N)=O)C(F)(F)F)cc1-c1cnc(N)c(-c2ccc(C(F)(F)F)nc2)n1.O=C(O)C(F)(F)F.O=C(O)C(F)(F)F. The minimum Gasteiger partial charge on any atom is -0.475 e. The number of halogens is 12. The zero-order valence-electron chi connectivity index (χ0n) is 22.6. The molecular formula is C24H17F12N5O6. The lowest BCUT2D eigenvalue weighted by Gasteiger charge is -2.28. The summed E-state index contributed by atoms with van der Waals surface area (Å²) in [5, 5.41) is 24.3. The maximum atomic E-state index is 13.4.